The number of carbonyl (C=O) groups excluding carboxylic acids is 2. The lowest BCUT2D eigenvalue weighted by atomic mass is 10.0. The van der Waals surface area contributed by atoms with Crippen LogP contribution in [-0.2, 0) is 9.53 Å². The van der Waals surface area contributed by atoms with Crippen LogP contribution in [0.25, 0.3) is 22.6 Å². The van der Waals surface area contributed by atoms with Gasteiger partial charge in [-0.05, 0) is 57.5 Å². The Morgan fingerprint density at radius 3 is 2.81 bits per heavy atom. The number of aromatic nitrogens is 3. The molecule has 1 saturated heterocycles. The van der Waals surface area contributed by atoms with Crippen LogP contribution in [0, 0.1) is 5.92 Å². The Kier molecular flexibility index (Phi) is 5.82. The van der Waals surface area contributed by atoms with Crippen molar-refractivity contribution >= 4 is 28.7 Å². The second kappa shape index (κ2) is 8.57. The highest BCUT2D eigenvalue weighted by Crippen LogP contribution is 2.26. The number of ether oxygens (including phenoxy) is 1. The number of likely N-dealkylation sites (tertiary alicyclic amines) is 1. The second-order valence-corrected chi connectivity index (χ2v) is 8.90. The lowest BCUT2D eigenvalue weighted by Gasteiger charge is -2.24. The maximum absolute atomic E-state index is 14.9. The van der Waals surface area contributed by atoms with Crippen molar-refractivity contribution in [2.75, 3.05) is 18.4 Å². The molecule has 2 aromatic heterocycles. The predicted molar refractivity (Wildman–Crippen MR) is 119 cm³/mol. The van der Waals surface area contributed by atoms with E-state index in [-0.39, 0.29) is 6.54 Å². The molecule has 2 unspecified atom stereocenters. The van der Waals surface area contributed by atoms with Crippen molar-refractivity contribution in [3.63, 3.8) is 0 Å². The first-order valence-electron chi connectivity index (χ1n) is 10.5. The van der Waals surface area contributed by atoms with Gasteiger partial charge >= 0.3 is 6.09 Å². The van der Waals surface area contributed by atoms with E-state index in [2.05, 4.69) is 20.3 Å². The molecule has 1 aliphatic heterocycles. The average Bonchev–Trinajstić information content (AvgIpc) is 3.40. The van der Waals surface area contributed by atoms with Crippen LogP contribution in [0.1, 0.15) is 27.2 Å². The van der Waals surface area contributed by atoms with Crippen LogP contribution in [0.15, 0.2) is 42.6 Å². The predicted octanol–water partition coefficient (Wildman–Crippen LogP) is 4.16. The molecule has 8 nitrogen and oxygen atoms in total. The minimum atomic E-state index is -1.73. The monoisotopic (exact) mass is 439 g/mol. The van der Waals surface area contributed by atoms with Crippen LogP contribution in [0.3, 0.4) is 0 Å². The number of alkyl halides is 1. The Bertz CT molecular complexity index is 1130. The number of H-pyrrole nitrogens is 1. The van der Waals surface area contributed by atoms with Crippen molar-refractivity contribution in [3.8, 4) is 11.5 Å². The van der Waals surface area contributed by atoms with Crippen LogP contribution < -0.4 is 5.32 Å². The molecule has 0 spiro atoms. The summed E-state index contributed by atoms with van der Waals surface area (Å²) in [7, 11) is 0. The molecule has 1 aromatic carbocycles. The number of carbonyl (C=O) groups is 2. The van der Waals surface area contributed by atoms with Crippen molar-refractivity contribution < 1.29 is 18.7 Å². The van der Waals surface area contributed by atoms with E-state index in [4.69, 9.17) is 4.74 Å². The van der Waals surface area contributed by atoms with Gasteiger partial charge in [0.25, 0.3) is 5.91 Å². The molecule has 168 valence electrons. The zero-order valence-electron chi connectivity index (χ0n) is 18.3. The minimum Gasteiger partial charge on any atom is -0.444 e. The topological polar surface area (TPSA) is 100 Å². The van der Waals surface area contributed by atoms with E-state index in [1.165, 1.54) is 4.90 Å². The van der Waals surface area contributed by atoms with Crippen LogP contribution in [-0.4, -0.2) is 56.7 Å². The lowest BCUT2D eigenvalue weighted by molar-refractivity contribution is -0.122. The highest BCUT2D eigenvalue weighted by atomic mass is 19.1. The van der Waals surface area contributed by atoms with Crippen LogP contribution in [0.5, 0.6) is 0 Å². The summed E-state index contributed by atoms with van der Waals surface area (Å²) in [4.78, 5) is 38.1. The van der Waals surface area contributed by atoms with Crippen LogP contribution in [0.4, 0.5) is 14.9 Å². The van der Waals surface area contributed by atoms with Gasteiger partial charge in [-0.2, -0.15) is 0 Å². The van der Waals surface area contributed by atoms with Gasteiger partial charge in [0.15, 0.2) is 12.0 Å². The summed E-state index contributed by atoms with van der Waals surface area (Å²) < 4.78 is 20.2. The number of hydrogen-bond donors (Lipinski definition) is 2. The number of imidazole rings is 1. The van der Waals surface area contributed by atoms with E-state index in [0.717, 1.165) is 0 Å². The normalized spacial score (nSPS) is 17.4. The molecular weight excluding hydrogens is 413 g/mol. The van der Waals surface area contributed by atoms with Gasteiger partial charge in [0.1, 0.15) is 11.3 Å². The quantitative estimate of drug-likeness (QED) is 0.636. The molecule has 0 aliphatic carbocycles. The maximum atomic E-state index is 14.9. The Hall–Kier alpha value is -3.49. The first-order chi connectivity index (χ1) is 15.2. The van der Waals surface area contributed by atoms with Gasteiger partial charge in [0.05, 0.1) is 11.0 Å². The number of nitrogens with one attached hydrogen (secondary N) is 2. The molecular formula is C23H26FN5O3. The number of fused-ring (bicyclic) bond motifs is 1. The third kappa shape index (κ3) is 4.87. The molecule has 32 heavy (non-hydrogen) atoms. The van der Waals surface area contributed by atoms with Crippen molar-refractivity contribution in [1.29, 1.82) is 0 Å². The fraction of sp³-hybridized carbons (Fsp3) is 0.391. The van der Waals surface area contributed by atoms with E-state index < -0.39 is 29.7 Å². The van der Waals surface area contributed by atoms with E-state index in [1.54, 1.807) is 45.2 Å². The summed E-state index contributed by atoms with van der Waals surface area (Å²) >= 11 is 0. The number of halogens is 1. The number of rotatable bonds is 4. The zero-order valence-corrected chi connectivity index (χ0v) is 18.3. The summed E-state index contributed by atoms with van der Waals surface area (Å²) in [6, 6.07) is 10.7. The molecule has 0 saturated carbocycles. The average molecular weight is 439 g/mol. The molecule has 3 heterocycles. The van der Waals surface area contributed by atoms with Crippen molar-refractivity contribution in [1.82, 2.24) is 19.9 Å². The van der Waals surface area contributed by atoms with Crippen LogP contribution >= 0.6 is 0 Å². The zero-order chi connectivity index (χ0) is 22.9. The third-order valence-electron chi connectivity index (χ3n) is 5.20. The van der Waals surface area contributed by atoms with Gasteiger partial charge in [0, 0.05) is 30.9 Å². The Labute approximate surface area is 185 Å². The summed E-state index contributed by atoms with van der Waals surface area (Å²) in [5, 5.41) is 2.63. The van der Waals surface area contributed by atoms with E-state index in [1.807, 2.05) is 18.2 Å². The van der Waals surface area contributed by atoms with E-state index in [0.29, 0.717) is 41.2 Å². The van der Waals surface area contributed by atoms with E-state index in [9.17, 15) is 14.0 Å². The molecule has 2 atom stereocenters. The maximum Gasteiger partial charge on any atom is 0.410 e. The fourth-order valence-corrected chi connectivity index (χ4v) is 3.66. The van der Waals surface area contributed by atoms with Gasteiger partial charge < -0.3 is 19.9 Å². The number of amides is 2. The SMILES string of the molecule is CC(C)(C)OC(=O)N1CCC(C(F)C(=O)Nc2ccc3nc(-c4ccccn4)[nH]c3c2)C1. The first kappa shape index (κ1) is 21.7. The number of nitrogens with zero attached hydrogens (tertiary/aromatic N) is 3. The van der Waals surface area contributed by atoms with Gasteiger partial charge in [0.2, 0.25) is 0 Å². The van der Waals surface area contributed by atoms with Crippen molar-refractivity contribution in [2.24, 2.45) is 5.92 Å². The van der Waals surface area contributed by atoms with Gasteiger partial charge in [-0.15, -0.1) is 0 Å². The molecule has 3 aromatic rings. The van der Waals surface area contributed by atoms with Crippen molar-refractivity contribution in [2.45, 2.75) is 39.0 Å². The molecule has 2 N–H and O–H groups in total. The minimum absolute atomic E-state index is 0.149. The Balaban J connectivity index is 1.39. The molecule has 4 rings (SSSR count). The third-order valence-corrected chi connectivity index (χ3v) is 5.20. The smallest absolute Gasteiger partial charge is 0.410 e. The Morgan fingerprint density at radius 2 is 2.09 bits per heavy atom. The van der Waals surface area contributed by atoms with Crippen molar-refractivity contribution in [3.05, 3.63) is 42.6 Å². The van der Waals surface area contributed by atoms with Crippen LogP contribution in [0.2, 0.25) is 0 Å². The summed E-state index contributed by atoms with van der Waals surface area (Å²) in [5.74, 6) is -0.695. The number of aromatic amines is 1. The fourth-order valence-electron chi connectivity index (χ4n) is 3.66. The summed E-state index contributed by atoms with van der Waals surface area (Å²) in [6.45, 7) is 5.85. The number of hydrogen-bond acceptors (Lipinski definition) is 5. The van der Waals surface area contributed by atoms with Gasteiger partial charge in [-0.25, -0.2) is 14.2 Å². The molecule has 0 radical (unpaired) electrons. The lowest BCUT2D eigenvalue weighted by Crippen LogP contribution is -2.37. The first-order valence-corrected chi connectivity index (χ1v) is 10.5. The number of benzene rings is 1. The van der Waals surface area contributed by atoms with Gasteiger partial charge in [-0.1, -0.05) is 6.07 Å². The summed E-state index contributed by atoms with van der Waals surface area (Å²) in [6.07, 6.45) is -0.131. The largest absolute Gasteiger partial charge is 0.444 e. The summed E-state index contributed by atoms with van der Waals surface area (Å²) in [5.41, 5.74) is 1.96. The molecule has 1 fully saturated rings. The van der Waals surface area contributed by atoms with Gasteiger partial charge in [-0.3, -0.25) is 9.78 Å². The molecule has 2 amide bonds. The number of pyridine rings is 1. The molecule has 9 heteroatoms. The molecule has 0 bridgehead atoms. The highest BCUT2D eigenvalue weighted by Gasteiger charge is 2.37. The molecule has 1 aliphatic rings. The standard InChI is InChI=1S/C23H26FN5O3/c1-23(2,3)32-22(31)29-11-9-14(13-29)19(24)21(30)26-15-7-8-16-18(12-15)28-20(27-16)17-6-4-5-10-25-17/h4-8,10,12,14,19H,9,11,13H2,1-3H3,(H,26,30)(H,27,28). The highest BCUT2D eigenvalue weighted by molar-refractivity contribution is 5.96. The second-order valence-electron chi connectivity index (χ2n) is 8.90. The Morgan fingerprint density at radius 1 is 1.28 bits per heavy atom. The number of anilines is 1. The van der Waals surface area contributed by atoms with E-state index >= 15 is 0 Å².